The molecular weight excluding hydrogens is 318 g/mol. The minimum absolute atomic E-state index is 0.179. The first-order valence-electron chi connectivity index (χ1n) is 6.66. The van der Waals surface area contributed by atoms with Gasteiger partial charge in [0.2, 0.25) is 11.7 Å². The fourth-order valence-electron chi connectivity index (χ4n) is 1.95. The average molecular weight is 329 g/mol. The van der Waals surface area contributed by atoms with Crippen LogP contribution in [0, 0.1) is 10.1 Å². The largest absolute Gasteiger partial charge is 0.358 e. The number of hydrogen-bond donors (Lipinski definition) is 1. The molecule has 1 N–H and O–H groups in total. The molecule has 3 aromatic rings. The summed E-state index contributed by atoms with van der Waals surface area (Å²) in [6.45, 7) is 1.36. The monoisotopic (exact) mass is 329 g/mol. The lowest BCUT2D eigenvalue weighted by Gasteiger charge is -1.99. The van der Waals surface area contributed by atoms with Crippen molar-refractivity contribution in [2.45, 2.75) is 6.92 Å². The lowest BCUT2D eigenvalue weighted by molar-refractivity contribution is -0.391. The fourth-order valence-corrected chi connectivity index (χ4v) is 1.95. The Morgan fingerprint density at radius 1 is 1.38 bits per heavy atom. The molecule has 0 aliphatic rings. The molecule has 0 aliphatic carbocycles. The van der Waals surface area contributed by atoms with E-state index in [2.05, 4.69) is 30.6 Å². The maximum atomic E-state index is 10.9. The molecule has 0 spiro atoms. The molecule has 0 aromatic carbocycles. The molecule has 12 heteroatoms. The summed E-state index contributed by atoms with van der Waals surface area (Å²) in [6.07, 6.45) is 2.35. The average Bonchev–Trinajstić information content (AvgIpc) is 3.09. The first kappa shape index (κ1) is 15.2. The molecule has 3 rings (SSSR count). The molecule has 12 nitrogen and oxygen atoms in total. The molecule has 0 aliphatic heterocycles. The highest BCUT2D eigenvalue weighted by atomic mass is 16.6. The van der Waals surface area contributed by atoms with E-state index in [4.69, 9.17) is 0 Å². The molecule has 0 fully saturated rings. The lowest BCUT2D eigenvalue weighted by atomic mass is 10.5. The fraction of sp³-hybridized carbons (Fsp3) is 0.167. The molecule has 3 heterocycles. The van der Waals surface area contributed by atoms with Crippen LogP contribution in [0.5, 0.6) is 0 Å². The Balaban J connectivity index is 2.04. The molecule has 3 aromatic heterocycles. The first-order chi connectivity index (χ1) is 11.5. The molecule has 0 radical (unpaired) electrons. The van der Waals surface area contributed by atoms with E-state index in [0.717, 1.165) is 6.20 Å². The number of carbonyl (C=O) groups is 1. The Morgan fingerprint density at radius 3 is 2.83 bits per heavy atom. The lowest BCUT2D eigenvalue weighted by Crippen LogP contribution is -2.16. The number of nitro groups is 1. The summed E-state index contributed by atoms with van der Waals surface area (Å²) in [5, 5.41) is 25.5. The Labute approximate surface area is 134 Å². The first-order valence-corrected chi connectivity index (χ1v) is 6.66. The van der Waals surface area contributed by atoms with Crippen molar-refractivity contribution in [3.8, 4) is 11.6 Å². The van der Waals surface area contributed by atoms with Crippen LogP contribution in [0.25, 0.3) is 17.3 Å². The molecule has 24 heavy (non-hydrogen) atoms. The SMILES string of the molecule is CC(=O)NC=Nc1ccc2nnc(-c3ncc([N+](=O)[O-])n3C)n2n1. The molecule has 122 valence electrons. The predicted molar refractivity (Wildman–Crippen MR) is 81.6 cm³/mol. The number of fused-ring (bicyclic) bond motifs is 1. The number of aromatic nitrogens is 6. The van der Waals surface area contributed by atoms with E-state index in [9.17, 15) is 14.9 Å². The van der Waals surface area contributed by atoms with Crippen molar-refractivity contribution in [2.24, 2.45) is 12.0 Å². The number of rotatable bonds is 4. The zero-order valence-electron chi connectivity index (χ0n) is 12.6. The number of amides is 1. The van der Waals surface area contributed by atoms with Crippen molar-refractivity contribution in [1.82, 2.24) is 34.7 Å². The molecule has 0 unspecified atom stereocenters. The van der Waals surface area contributed by atoms with Crippen molar-refractivity contribution >= 4 is 29.5 Å². The van der Waals surface area contributed by atoms with Crippen molar-refractivity contribution in [3.05, 3.63) is 28.4 Å². The smallest absolute Gasteiger partial charge is 0.343 e. The zero-order valence-corrected chi connectivity index (χ0v) is 12.6. The highest BCUT2D eigenvalue weighted by Gasteiger charge is 2.23. The van der Waals surface area contributed by atoms with Crippen LogP contribution in [0.4, 0.5) is 11.6 Å². The third-order valence-corrected chi connectivity index (χ3v) is 3.06. The van der Waals surface area contributed by atoms with Gasteiger partial charge in [0.15, 0.2) is 11.5 Å². The highest BCUT2D eigenvalue weighted by Crippen LogP contribution is 2.21. The van der Waals surface area contributed by atoms with Gasteiger partial charge in [-0.3, -0.25) is 4.79 Å². The third kappa shape index (κ3) is 2.67. The Hall–Kier alpha value is -3.70. The van der Waals surface area contributed by atoms with Crippen molar-refractivity contribution in [1.29, 1.82) is 0 Å². The van der Waals surface area contributed by atoms with Gasteiger partial charge in [-0.25, -0.2) is 14.5 Å². The molecule has 0 bridgehead atoms. The van der Waals surface area contributed by atoms with Crippen LogP contribution in [0.2, 0.25) is 0 Å². The minimum Gasteiger partial charge on any atom is -0.358 e. The summed E-state index contributed by atoms with van der Waals surface area (Å²) in [5.74, 6) is 0.328. The predicted octanol–water partition coefficient (Wildman–Crippen LogP) is 0.229. The van der Waals surface area contributed by atoms with Crippen molar-refractivity contribution in [2.75, 3.05) is 0 Å². The zero-order chi connectivity index (χ0) is 17.3. The number of aliphatic imine (C=N–C) groups is 1. The van der Waals surface area contributed by atoms with Gasteiger partial charge in [-0.15, -0.1) is 15.3 Å². The number of hydrogen-bond acceptors (Lipinski definition) is 8. The van der Waals surface area contributed by atoms with Gasteiger partial charge >= 0.3 is 5.82 Å². The van der Waals surface area contributed by atoms with E-state index in [1.54, 1.807) is 12.1 Å². The van der Waals surface area contributed by atoms with E-state index in [-0.39, 0.29) is 23.4 Å². The molecule has 1 amide bonds. The van der Waals surface area contributed by atoms with Crippen LogP contribution in [-0.2, 0) is 11.8 Å². The normalized spacial score (nSPS) is 11.2. The van der Waals surface area contributed by atoms with Gasteiger partial charge in [-0.1, -0.05) is 0 Å². The molecule has 0 saturated heterocycles. The number of nitrogens with one attached hydrogen (secondary N) is 1. The van der Waals surface area contributed by atoms with Gasteiger partial charge in [-0.2, -0.15) is 4.52 Å². The summed E-state index contributed by atoms with van der Waals surface area (Å²) in [7, 11) is 1.50. The quantitative estimate of drug-likeness (QED) is 0.312. The number of nitrogens with zero attached hydrogens (tertiary/aromatic N) is 8. The number of imidazole rings is 1. The van der Waals surface area contributed by atoms with E-state index < -0.39 is 4.92 Å². The second-order valence-electron chi connectivity index (χ2n) is 4.70. The Bertz CT molecular complexity index is 971. The Kier molecular flexibility index (Phi) is 3.69. The Morgan fingerprint density at radius 2 is 2.17 bits per heavy atom. The molecule has 0 atom stereocenters. The van der Waals surface area contributed by atoms with Crippen LogP contribution in [0.3, 0.4) is 0 Å². The van der Waals surface area contributed by atoms with E-state index in [1.165, 1.54) is 29.4 Å². The summed E-state index contributed by atoms with van der Waals surface area (Å²) in [6, 6.07) is 3.22. The summed E-state index contributed by atoms with van der Waals surface area (Å²) in [5.41, 5.74) is 0.425. The van der Waals surface area contributed by atoms with Gasteiger partial charge in [0, 0.05) is 6.92 Å². The van der Waals surface area contributed by atoms with Gasteiger partial charge in [0.1, 0.15) is 6.20 Å². The maximum Gasteiger partial charge on any atom is 0.343 e. The van der Waals surface area contributed by atoms with E-state index >= 15 is 0 Å². The summed E-state index contributed by atoms with van der Waals surface area (Å²) >= 11 is 0. The summed E-state index contributed by atoms with van der Waals surface area (Å²) < 4.78 is 2.65. The van der Waals surface area contributed by atoms with Crippen LogP contribution in [0.15, 0.2) is 23.3 Å². The van der Waals surface area contributed by atoms with Crippen molar-refractivity contribution in [3.63, 3.8) is 0 Å². The highest BCUT2D eigenvalue weighted by molar-refractivity contribution is 5.86. The van der Waals surface area contributed by atoms with Crippen LogP contribution in [-0.4, -0.2) is 46.5 Å². The van der Waals surface area contributed by atoms with Gasteiger partial charge in [0.05, 0.1) is 13.4 Å². The van der Waals surface area contributed by atoms with Gasteiger partial charge in [0.25, 0.3) is 5.82 Å². The second-order valence-corrected chi connectivity index (χ2v) is 4.70. The van der Waals surface area contributed by atoms with Crippen LogP contribution < -0.4 is 5.32 Å². The van der Waals surface area contributed by atoms with E-state index in [1.807, 2.05) is 0 Å². The molecular formula is C12H11N9O3. The van der Waals surface area contributed by atoms with Crippen LogP contribution >= 0.6 is 0 Å². The van der Waals surface area contributed by atoms with Gasteiger partial charge in [-0.05, 0) is 17.1 Å². The van der Waals surface area contributed by atoms with E-state index in [0.29, 0.717) is 11.5 Å². The topological polar surface area (TPSA) is 146 Å². The summed E-state index contributed by atoms with van der Waals surface area (Å²) in [4.78, 5) is 29.2. The van der Waals surface area contributed by atoms with Gasteiger partial charge < -0.3 is 15.4 Å². The maximum absolute atomic E-state index is 10.9. The second kappa shape index (κ2) is 5.83. The minimum atomic E-state index is -0.545. The van der Waals surface area contributed by atoms with Crippen LogP contribution in [0.1, 0.15) is 6.92 Å². The molecule has 0 saturated carbocycles. The number of carbonyl (C=O) groups excluding carboxylic acids is 1. The van der Waals surface area contributed by atoms with Crippen molar-refractivity contribution < 1.29 is 9.72 Å². The standard InChI is InChI=1S/C12H11N9O3/c1-7(22)14-6-15-8-3-4-9-16-17-12(20(9)18-8)11-13-5-10(19(11)2)21(23)24/h3-6H,1-2H3,(H,14,15,18,22). The third-order valence-electron chi connectivity index (χ3n) is 3.06.